The lowest BCUT2D eigenvalue weighted by Crippen LogP contribution is -2.41. The van der Waals surface area contributed by atoms with Crippen molar-refractivity contribution in [2.75, 3.05) is 105 Å². The second-order valence-electron chi connectivity index (χ2n) is 13.0. The van der Waals surface area contributed by atoms with E-state index in [9.17, 15) is 20.4 Å². The summed E-state index contributed by atoms with van der Waals surface area (Å²) in [6.07, 6.45) is -1.40. The van der Waals surface area contributed by atoms with E-state index in [-0.39, 0.29) is 24.4 Å². The van der Waals surface area contributed by atoms with Crippen molar-refractivity contribution in [1.82, 2.24) is 29.4 Å². The molecule has 10 heteroatoms. The van der Waals surface area contributed by atoms with Gasteiger partial charge in [0.2, 0.25) is 0 Å². The highest BCUT2D eigenvalue weighted by atomic mass is 16.3. The molecule has 242 valence electrons. The largest absolute Gasteiger partial charge is 0.392 e. The molecule has 2 heterocycles. The predicted octanol–water partition coefficient (Wildman–Crippen LogP) is 0.0490. The van der Waals surface area contributed by atoms with Crippen molar-refractivity contribution in [2.45, 2.75) is 65.2 Å². The zero-order valence-corrected chi connectivity index (χ0v) is 26.8. The summed E-state index contributed by atoms with van der Waals surface area (Å²) in [6.45, 7) is 23.1. The van der Waals surface area contributed by atoms with Gasteiger partial charge in [-0.1, -0.05) is 24.3 Å². The fourth-order valence-corrected chi connectivity index (χ4v) is 6.18. The molecule has 10 nitrogen and oxygen atoms in total. The van der Waals surface area contributed by atoms with Gasteiger partial charge >= 0.3 is 0 Å². The molecular weight excluding hydrogens is 532 g/mol. The van der Waals surface area contributed by atoms with Crippen LogP contribution in [0.4, 0.5) is 0 Å². The minimum Gasteiger partial charge on any atom is -0.392 e. The minimum absolute atomic E-state index is 0.349. The Morgan fingerprint density at radius 2 is 0.595 bits per heavy atom. The molecule has 1 aromatic carbocycles. The van der Waals surface area contributed by atoms with Gasteiger partial charge < -0.3 is 20.4 Å². The van der Waals surface area contributed by atoms with E-state index in [1.54, 1.807) is 0 Å². The van der Waals surface area contributed by atoms with Crippen LogP contribution >= 0.6 is 0 Å². The second-order valence-corrected chi connectivity index (χ2v) is 13.0. The molecule has 0 aromatic heterocycles. The normalized spacial score (nSPS) is 23.6. The Morgan fingerprint density at radius 3 is 0.786 bits per heavy atom. The Morgan fingerprint density at radius 1 is 0.405 bits per heavy atom. The highest BCUT2D eigenvalue weighted by Crippen LogP contribution is 2.13. The van der Waals surface area contributed by atoms with Crippen molar-refractivity contribution in [2.24, 2.45) is 0 Å². The van der Waals surface area contributed by atoms with Gasteiger partial charge in [-0.05, 0) is 38.8 Å². The lowest BCUT2D eigenvalue weighted by atomic mass is 10.1. The summed E-state index contributed by atoms with van der Waals surface area (Å²) >= 11 is 0. The van der Waals surface area contributed by atoms with Crippen LogP contribution in [-0.4, -0.2) is 179 Å². The molecular formula is C32H60N6O4. The molecule has 4 atom stereocenters. The van der Waals surface area contributed by atoms with E-state index in [4.69, 9.17) is 0 Å². The van der Waals surface area contributed by atoms with Crippen LogP contribution in [0.2, 0.25) is 0 Å². The van der Waals surface area contributed by atoms with E-state index in [0.717, 1.165) is 91.6 Å². The Labute approximate surface area is 255 Å². The molecule has 4 N–H and O–H groups in total. The molecule has 2 aliphatic heterocycles. The van der Waals surface area contributed by atoms with Crippen LogP contribution in [0, 0.1) is 0 Å². The maximum Gasteiger partial charge on any atom is 0.0639 e. The first-order valence-corrected chi connectivity index (χ1v) is 16.2. The molecule has 42 heavy (non-hydrogen) atoms. The second kappa shape index (κ2) is 18.6. The highest BCUT2D eigenvalue weighted by Gasteiger charge is 2.20. The quantitative estimate of drug-likeness (QED) is 0.267. The molecule has 0 spiro atoms. The van der Waals surface area contributed by atoms with Gasteiger partial charge in [-0.25, -0.2) is 0 Å². The number of hydrogen-bond acceptors (Lipinski definition) is 10. The van der Waals surface area contributed by atoms with E-state index in [1.165, 1.54) is 11.1 Å². The highest BCUT2D eigenvalue weighted by molar-refractivity contribution is 5.22. The van der Waals surface area contributed by atoms with Crippen LogP contribution in [-0.2, 0) is 13.1 Å². The molecule has 2 aliphatic rings. The molecule has 0 bridgehead atoms. The lowest BCUT2D eigenvalue weighted by Gasteiger charge is -2.27. The third-order valence-corrected chi connectivity index (χ3v) is 8.32. The van der Waals surface area contributed by atoms with Crippen LogP contribution in [0.5, 0.6) is 0 Å². The first-order chi connectivity index (χ1) is 20.0. The summed E-state index contributed by atoms with van der Waals surface area (Å²) in [5.41, 5.74) is 2.61. The molecule has 0 amide bonds. The first kappa shape index (κ1) is 35.3. The van der Waals surface area contributed by atoms with Crippen LogP contribution in [0.25, 0.3) is 0 Å². The van der Waals surface area contributed by atoms with E-state index >= 15 is 0 Å². The van der Waals surface area contributed by atoms with E-state index in [0.29, 0.717) is 26.2 Å². The van der Waals surface area contributed by atoms with Gasteiger partial charge in [-0.2, -0.15) is 0 Å². The molecule has 2 fully saturated rings. The summed E-state index contributed by atoms with van der Waals surface area (Å²) in [4.78, 5) is 14.4. The summed E-state index contributed by atoms with van der Waals surface area (Å²) in [7, 11) is 0. The predicted molar refractivity (Wildman–Crippen MR) is 169 cm³/mol. The number of benzene rings is 1. The first-order valence-electron chi connectivity index (χ1n) is 16.2. The average molecular weight is 593 g/mol. The average Bonchev–Trinajstić information content (AvgIpc) is 3.05. The third kappa shape index (κ3) is 14.1. The van der Waals surface area contributed by atoms with Crippen molar-refractivity contribution in [1.29, 1.82) is 0 Å². The van der Waals surface area contributed by atoms with Crippen LogP contribution < -0.4 is 0 Å². The Kier molecular flexibility index (Phi) is 15.6. The van der Waals surface area contributed by atoms with Crippen molar-refractivity contribution in [3.05, 3.63) is 35.4 Å². The van der Waals surface area contributed by atoms with E-state index < -0.39 is 0 Å². The van der Waals surface area contributed by atoms with E-state index in [2.05, 4.69) is 53.7 Å². The van der Waals surface area contributed by atoms with Crippen LogP contribution in [0.3, 0.4) is 0 Å². The topological polar surface area (TPSA) is 100 Å². The Hall–Kier alpha value is -1.18. The van der Waals surface area contributed by atoms with Gasteiger partial charge in [0.1, 0.15) is 0 Å². The number of aliphatic hydroxyl groups excluding tert-OH is 4. The number of nitrogens with zero attached hydrogens (tertiary/aromatic N) is 6. The fraction of sp³-hybridized carbons (Fsp3) is 0.812. The maximum atomic E-state index is 9.99. The Balaban J connectivity index is 1.60. The zero-order valence-electron chi connectivity index (χ0n) is 26.8. The maximum absolute atomic E-state index is 9.99. The van der Waals surface area contributed by atoms with Gasteiger partial charge in [0.15, 0.2) is 0 Å². The number of rotatable bonds is 12. The molecule has 0 saturated carbocycles. The fourth-order valence-electron chi connectivity index (χ4n) is 6.18. The van der Waals surface area contributed by atoms with Crippen LogP contribution in [0.1, 0.15) is 38.8 Å². The van der Waals surface area contributed by atoms with Crippen molar-refractivity contribution >= 4 is 0 Å². The van der Waals surface area contributed by atoms with Crippen LogP contribution in [0.15, 0.2) is 24.3 Å². The number of β-amino-alcohol motifs (C(OH)–C–C–N with tert-alkyl or cyclic N) is 4. The summed E-state index contributed by atoms with van der Waals surface area (Å²) in [6, 6.07) is 9.05. The molecule has 0 unspecified atom stereocenters. The lowest BCUT2D eigenvalue weighted by molar-refractivity contribution is 0.102. The summed E-state index contributed by atoms with van der Waals surface area (Å²) < 4.78 is 0. The molecule has 1 aromatic rings. The molecule has 3 rings (SSSR count). The van der Waals surface area contributed by atoms with Crippen molar-refractivity contribution in [3.63, 3.8) is 0 Å². The van der Waals surface area contributed by atoms with Gasteiger partial charge in [0.25, 0.3) is 0 Å². The van der Waals surface area contributed by atoms with Gasteiger partial charge in [0.05, 0.1) is 24.4 Å². The van der Waals surface area contributed by atoms with Gasteiger partial charge in [-0.15, -0.1) is 0 Å². The zero-order chi connectivity index (χ0) is 30.5. The third-order valence-electron chi connectivity index (χ3n) is 8.32. The monoisotopic (exact) mass is 592 g/mol. The van der Waals surface area contributed by atoms with Gasteiger partial charge in [-0.3, -0.25) is 29.4 Å². The SMILES string of the molecule is C[C@H](O)CN1CCN(Cc2ccc(CN3CCN(C[C@H](C)O)CCN(C[C@H](C)O)CC3)cc2)CCN(C[C@H](C)O)CC1. The molecule has 2 saturated heterocycles. The smallest absolute Gasteiger partial charge is 0.0639 e. The number of aliphatic hydroxyl groups is 4. The number of hydrogen-bond donors (Lipinski definition) is 4. The van der Waals surface area contributed by atoms with E-state index in [1.807, 2.05) is 27.7 Å². The molecule has 0 aliphatic carbocycles. The van der Waals surface area contributed by atoms with Crippen molar-refractivity contribution < 1.29 is 20.4 Å². The Bertz CT molecular complexity index is 743. The standard InChI is InChI=1S/C32H60N6O4/c1-27(39)21-33-9-10-34(22-28(2)40)14-18-37(17-13-33)25-31-5-7-32(8-6-31)26-38-19-15-35(23-29(3)41)11-12-36(16-20-38)24-30(4)42/h5-8,27-30,39-42H,9-26H2,1-4H3/t27-,28-,29-,30-/m0/s1. The summed E-state index contributed by atoms with van der Waals surface area (Å²) in [5.74, 6) is 0. The van der Waals surface area contributed by atoms with Crippen molar-refractivity contribution in [3.8, 4) is 0 Å². The minimum atomic E-state index is -0.349. The molecule has 0 radical (unpaired) electrons. The van der Waals surface area contributed by atoms with Gasteiger partial charge in [0, 0.05) is 118 Å². The summed E-state index contributed by atoms with van der Waals surface area (Å²) in [5, 5.41) is 40.0.